The zero-order chi connectivity index (χ0) is 21.2. The Hall–Kier alpha value is -3.03. The summed E-state index contributed by atoms with van der Waals surface area (Å²) in [5.74, 6) is -1.82. The fourth-order valence-electron chi connectivity index (χ4n) is 3.48. The van der Waals surface area contributed by atoms with Gasteiger partial charge in [0.25, 0.3) is 0 Å². The zero-order valence-electron chi connectivity index (χ0n) is 16.0. The van der Waals surface area contributed by atoms with Gasteiger partial charge in [-0.2, -0.15) is 13.2 Å². The van der Waals surface area contributed by atoms with Gasteiger partial charge >= 0.3 is 12.1 Å². The number of carbonyl (C=O) groups excluding carboxylic acids is 2. The van der Waals surface area contributed by atoms with Gasteiger partial charge in [0.2, 0.25) is 0 Å². The normalized spacial score (nSPS) is 14.1. The SMILES string of the molecule is CC(=O)c1ccc(CNc2c(N)ccc3c2CCN(C(=O)C(F)(F)F)CC3)cc1. The average Bonchev–Trinajstić information content (AvgIpc) is 2.89. The molecule has 1 heterocycles. The third-order valence-corrected chi connectivity index (χ3v) is 5.08. The Morgan fingerprint density at radius 2 is 1.72 bits per heavy atom. The number of nitrogen functional groups attached to an aromatic ring is 1. The molecule has 0 unspecified atom stereocenters. The minimum absolute atomic E-state index is 0.0138. The van der Waals surface area contributed by atoms with Crippen LogP contribution >= 0.6 is 0 Å². The van der Waals surface area contributed by atoms with Gasteiger partial charge in [0.15, 0.2) is 5.78 Å². The van der Waals surface area contributed by atoms with E-state index in [0.29, 0.717) is 29.9 Å². The third kappa shape index (κ3) is 4.70. The Morgan fingerprint density at radius 1 is 1.07 bits per heavy atom. The topological polar surface area (TPSA) is 75.4 Å². The second kappa shape index (κ2) is 8.14. The predicted molar refractivity (Wildman–Crippen MR) is 105 cm³/mol. The monoisotopic (exact) mass is 405 g/mol. The Balaban J connectivity index is 1.77. The first-order valence-electron chi connectivity index (χ1n) is 9.27. The van der Waals surface area contributed by atoms with Gasteiger partial charge in [0.05, 0.1) is 11.4 Å². The molecule has 1 amide bonds. The molecule has 8 heteroatoms. The number of rotatable bonds is 4. The molecule has 3 rings (SSSR count). The van der Waals surface area contributed by atoms with Crippen molar-refractivity contribution in [3.8, 4) is 0 Å². The fraction of sp³-hybridized carbons (Fsp3) is 0.333. The molecule has 2 aromatic rings. The molecule has 0 saturated carbocycles. The highest BCUT2D eigenvalue weighted by molar-refractivity contribution is 5.94. The molecular weight excluding hydrogens is 383 g/mol. The summed E-state index contributed by atoms with van der Waals surface area (Å²) in [6.07, 6.45) is -4.25. The Bertz CT molecular complexity index is 924. The Morgan fingerprint density at radius 3 is 2.34 bits per heavy atom. The van der Waals surface area contributed by atoms with Crippen LogP contribution in [0.3, 0.4) is 0 Å². The second-order valence-corrected chi connectivity index (χ2v) is 7.06. The number of nitrogens with zero attached hydrogens (tertiary/aromatic N) is 1. The average molecular weight is 405 g/mol. The van der Waals surface area contributed by atoms with Crippen molar-refractivity contribution in [2.24, 2.45) is 0 Å². The number of hydrogen-bond donors (Lipinski definition) is 2. The van der Waals surface area contributed by atoms with E-state index in [1.807, 2.05) is 12.1 Å². The van der Waals surface area contributed by atoms with Crippen LogP contribution in [0.4, 0.5) is 24.5 Å². The summed E-state index contributed by atoms with van der Waals surface area (Å²) in [5.41, 5.74) is 10.6. The number of fused-ring (bicyclic) bond motifs is 1. The number of alkyl halides is 3. The number of ketones is 1. The molecule has 3 N–H and O–H groups in total. The maximum absolute atomic E-state index is 12.8. The molecule has 0 bridgehead atoms. The number of nitrogens with two attached hydrogens (primary N) is 1. The molecule has 5 nitrogen and oxygen atoms in total. The van der Waals surface area contributed by atoms with Gasteiger partial charge in [-0.15, -0.1) is 0 Å². The molecular formula is C21H22F3N3O2. The van der Waals surface area contributed by atoms with E-state index in [2.05, 4.69) is 5.32 Å². The maximum atomic E-state index is 12.8. The van der Waals surface area contributed by atoms with Gasteiger partial charge in [-0.3, -0.25) is 9.59 Å². The molecule has 0 radical (unpaired) electrons. The highest BCUT2D eigenvalue weighted by Crippen LogP contribution is 2.31. The summed E-state index contributed by atoms with van der Waals surface area (Å²) in [4.78, 5) is 23.8. The van der Waals surface area contributed by atoms with Crippen molar-refractivity contribution >= 4 is 23.1 Å². The van der Waals surface area contributed by atoms with Crippen molar-refractivity contribution in [3.63, 3.8) is 0 Å². The molecule has 0 aliphatic carbocycles. The van der Waals surface area contributed by atoms with Gasteiger partial charge in [-0.25, -0.2) is 0 Å². The van der Waals surface area contributed by atoms with Crippen LogP contribution in [0.25, 0.3) is 0 Å². The summed E-state index contributed by atoms with van der Waals surface area (Å²) in [5, 5.41) is 3.27. The van der Waals surface area contributed by atoms with Crippen LogP contribution in [0, 0.1) is 0 Å². The number of amides is 1. The van der Waals surface area contributed by atoms with Crippen molar-refractivity contribution in [2.45, 2.75) is 32.5 Å². The lowest BCUT2D eigenvalue weighted by molar-refractivity contribution is -0.185. The Kier molecular flexibility index (Phi) is 5.81. The lowest BCUT2D eigenvalue weighted by atomic mass is 9.99. The predicted octanol–water partition coefficient (Wildman–Crippen LogP) is 3.57. The van der Waals surface area contributed by atoms with Gasteiger partial charge in [-0.1, -0.05) is 30.3 Å². The van der Waals surface area contributed by atoms with Crippen LogP contribution < -0.4 is 11.1 Å². The third-order valence-electron chi connectivity index (χ3n) is 5.08. The molecule has 0 fully saturated rings. The first kappa shape index (κ1) is 20.7. The van der Waals surface area contributed by atoms with E-state index >= 15 is 0 Å². The quantitative estimate of drug-likeness (QED) is 0.602. The summed E-state index contributed by atoms with van der Waals surface area (Å²) in [7, 11) is 0. The van der Waals surface area contributed by atoms with Crippen LogP contribution in [-0.4, -0.2) is 35.9 Å². The van der Waals surface area contributed by atoms with E-state index in [4.69, 9.17) is 5.73 Å². The second-order valence-electron chi connectivity index (χ2n) is 7.06. The number of hydrogen-bond acceptors (Lipinski definition) is 4. The number of halogens is 3. The number of nitrogens with one attached hydrogen (secondary N) is 1. The van der Waals surface area contributed by atoms with Crippen LogP contribution in [0.2, 0.25) is 0 Å². The van der Waals surface area contributed by atoms with Crippen molar-refractivity contribution in [3.05, 3.63) is 58.7 Å². The molecule has 1 aliphatic rings. The minimum atomic E-state index is -4.87. The van der Waals surface area contributed by atoms with E-state index in [9.17, 15) is 22.8 Å². The van der Waals surface area contributed by atoms with Crippen LogP contribution in [0.5, 0.6) is 0 Å². The lowest BCUT2D eigenvalue weighted by Crippen LogP contribution is -2.42. The van der Waals surface area contributed by atoms with Crippen molar-refractivity contribution in [1.29, 1.82) is 0 Å². The minimum Gasteiger partial charge on any atom is -0.397 e. The van der Waals surface area contributed by atoms with Gasteiger partial charge in [-0.05, 0) is 42.5 Å². The standard InChI is InChI=1S/C21H22F3N3O2/c1-13(28)15-4-2-14(3-5-15)12-26-19-17-9-11-27(20(29)21(22,23)24)10-8-16(17)6-7-18(19)25/h2-7,26H,8-12,25H2,1H3. The van der Waals surface area contributed by atoms with Crippen LogP contribution in [-0.2, 0) is 24.2 Å². The van der Waals surface area contributed by atoms with E-state index in [0.717, 1.165) is 21.6 Å². The van der Waals surface area contributed by atoms with E-state index in [-0.39, 0.29) is 25.3 Å². The molecule has 29 heavy (non-hydrogen) atoms. The van der Waals surface area contributed by atoms with Gasteiger partial charge in [0.1, 0.15) is 0 Å². The molecule has 154 valence electrons. The molecule has 0 saturated heterocycles. The first-order valence-corrected chi connectivity index (χ1v) is 9.27. The van der Waals surface area contributed by atoms with E-state index < -0.39 is 12.1 Å². The molecule has 1 aliphatic heterocycles. The summed E-state index contributed by atoms with van der Waals surface area (Å²) in [6.45, 7) is 1.95. The number of benzene rings is 2. The summed E-state index contributed by atoms with van der Waals surface area (Å²) in [6, 6.07) is 10.7. The van der Waals surface area contributed by atoms with Gasteiger partial charge in [0, 0.05) is 25.2 Å². The summed E-state index contributed by atoms with van der Waals surface area (Å²) < 4.78 is 38.3. The van der Waals surface area contributed by atoms with E-state index in [1.54, 1.807) is 24.3 Å². The zero-order valence-corrected chi connectivity index (χ0v) is 16.0. The molecule has 2 aromatic carbocycles. The van der Waals surface area contributed by atoms with Crippen molar-refractivity contribution in [2.75, 3.05) is 24.1 Å². The lowest BCUT2D eigenvalue weighted by Gasteiger charge is -2.21. The number of carbonyl (C=O) groups is 2. The van der Waals surface area contributed by atoms with Crippen molar-refractivity contribution < 1.29 is 22.8 Å². The molecule has 0 atom stereocenters. The highest BCUT2D eigenvalue weighted by atomic mass is 19.4. The van der Waals surface area contributed by atoms with Crippen LogP contribution in [0.1, 0.15) is 34.0 Å². The maximum Gasteiger partial charge on any atom is 0.471 e. The molecule has 0 spiro atoms. The fourth-order valence-corrected chi connectivity index (χ4v) is 3.48. The highest BCUT2D eigenvalue weighted by Gasteiger charge is 2.42. The van der Waals surface area contributed by atoms with Crippen molar-refractivity contribution in [1.82, 2.24) is 4.90 Å². The molecule has 0 aromatic heterocycles. The smallest absolute Gasteiger partial charge is 0.397 e. The summed E-state index contributed by atoms with van der Waals surface area (Å²) >= 11 is 0. The first-order chi connectivity index (χ1) is 13.7. The largest absolute Gasteiger partial charge is 0.471 e. The Labute approximate surface area is 166 Å². The van der Waals surface area contributed by atoms with Gasteiger partial charge < -0.3 is 16.0 Å². The number of Topliss-reactive ketones (excluding diaryl/α,β-unsaturated/α-hetero) is 1. The van der Waals surface area contributed by atoms with E-state index in [1.165, 1.54) is 6.92 Å². The van der Waals surface area contributed by atoms with Crippen LogP contribution in [0.15, 0.2) is 36.4 Å². The number of anilines is 2.